The lowest BCUT2D eigenvalue weighted by Crippen LogP contribution is -2.23. The Kier molecular flexibility index (Phi) is 3.86. The predicted octanol–water partition coefficient (Wildman–Crippen LogP) is 4.62. The van der Waals surface area contributed by atoms with Crippen molar-refractivity contribution in [2.75, 3.05) is 6.61 Å². The number of hydrogen-bond acceptors (Lipinski definition) is 3. The van der Waals surface area contributed by atoms with Crippen molar-refractivity contribution < 1.29 is 9.13 Å². The Morgan fingerprint density at radius 2 is 1.95 bits per heavy atom. The smallest absolute Gasteiger partial charge is 0.163 e. The van der Waals surface area contributed by atoms with Crippen molar-refractivity contribution in [2.24, 2.45) is 0 Å². The zero-order chi connectivity index (χ0) is 15.0. The molecule has 0 amide bonds. The van der Waals surface area contributed by atoms with Gasteiger partial charge in [-0.3, -0.25) is 0 Å². The zero-order valence-electron chi connectivity index (χ0n) is 11.4. The Bertz CT molecular complexity index is 664. The molecule has 1 unspecified atom stereocenters. The van der Waals surface area contributed by atoms with Crippen molar-refractivity contribution >= 4 is 23.2 Å². The molecule has 110 valence electrons. The summed E-state index contributed by atoms with van der Waals surface area (Å²) in [7, 11) is 0. The first-order valence-corrected chi connectivity index (χ1v) is 7.39. The zero-order valence-corrected chi connectivity index (χ0v) is 12.9. The van der Waals surface area contributed by atoms with Crippen LogP contribution in [0.4, 0.5) is 4.39 Å². The molecule has 2 heterocycles. The molecule has 1 aliphatic heterocycles. The van der Waals surface area contributed by atoms with E-state index in [2.05, 4.69) is 9.97 Å². The van der Waals surface area contributed by atoms with Crippen LogP contribution in [0.25, 0.3) is 11.1 Å². The van der Waals surface area contributed by atoms with Crippen LogP contribution in [-0.2, 0) is 10.3 Å². The van der Waals surface area contributed by atoms with Crippen LogP contribution < -0.4 is 0 Å². The van der Waals surface area contributed by atoms with Gasteiger partial charge >= 0.3 is 0 Å². The summed E-state index contributed by atoms with van der Waals surface area (Å²) < 4.78 is 19.1. The number of rotatable bonds is 2. The third-order valence-electron chi connectivity index (χ3n) is 3.63. The van der Waals surface area contributed by atoms with Gasteiger partial charge in [0, 0.05) is 6.61 Å². The third kappa shape index (κ3) is 2.76. The first kappa shape index (κ1) is 14.7. The normalized spacial score (nSPS) is 21.7. The highest BCUT2D eigenvalue weighted by molar-refractivity contribution is 6.37. The summed E-state index contributed by atoms with van der Waals surface area (Å²) in [4.78, 5) is 8.63. The standard InChI is InChI=1S/C15H13Cl2FN2O/c1-15(6-3-7-21-15)14-19-12(16)11(13(17)20-14)9-4-2-5-10(18)8-9/h2,4-5,8H,3,6-7H2,1H3. The number of halogens is 3. The Balaban J connectivity index is 2.08. The third-order valence-corrected chi connectivity index (χ3v) is 4.17. The van der Waals surface area contributed by atoms with Crippen LogP contribution in [0.15, 0.2) is 24.3 Å². The lowest BCUT2D eigenvalue weighted by Gasteiger charge is -2.22. The van der Waals surface area contributed by atoms with Gasteiger partial charge in [0.2, 0.25) is 0 Å². The second-order valence-electron chi connectivity index (χ2n) is 5.20. The van der Waals surface area contributed by atoms with Crippen LogP contribution in [0.5, 0.6) is 0 Å². The van der Waals surface area contributed by atoms with Gasteiger partial charge in [0.1, 0.15) is 21.7 Å². The van der Waals surface area contributed by atoms with E-state index in [9.17, 15) is 4.39 Å². The fourth-order valence-corrected chi connectivity index (χ4v) is 3.09. The fourth-order valence-electron chi connectivity index (χ4n) is 2.48. The quantitative estimate of drug-likeness (QED) is 0.755. The number of benzene rings is 1. The number of hydrogen-bond donors (Lipinski definition) is 0. The van der Waals surface area contributed by atoms with E-state index in [4.69, 9.17) is 27.9 Å². The second kappa shape index (κ2) is 5.52. The minimum absolute atomic E-state index is 0.201. The van der Waals surface area contributed by atoms with E-state index in [1.165, 1.54) is 12.1 Å². The van der Waals surface area contributed by atoms with E-state index in [0.717, 1.165) is 12.8 Å². The summed E-state index contributed by atoms with van der Waals surface area (Å²) in [6.45, 7) is 2.59. The molecule has 0 bridgehead atoms. The molecule has 1 aromatic carbocycles. The molecule has 1 saturated heterocycles. The Morgan fingerprint density at radius 3 is 2.52 bits per heavy atom. The second-order valence-corrected chi connectivity index (χ2v) is 5.91. The number of aromatic nitrogens is 2. The van der Waals surface area contributed by atoms with E-state index in [-0.39, 0.29) is 16.1 Å². The molecule has 1 aliphatic rings. The van der Waals surface area contributed by atoms with E-state index in [1.54, 1.807) is 12.1 Å². The highest BCUT2D eigenvalue weighted by Gasteiger charge is 2.36. The van der Waals surface area contributed by atoms with E-state index >= 15 is 0 Å². The van der Waals surface area contributed by atoms with Crippen molar-refractivity contribution in [1.29, 1.82) is 0 Å². The van der Waals surface area contributed by atoms with Crippen molar-refractivity contribution in [3.63, 3.8) is 0 Å². The Hall–Kier alpha value is -1.23. The van der Waals surface area contributed by atoms with E-state index in [0.29, 0.717) is 23.6 Å². The number of ether oxygens (including phenoxy) is 1. The molecule has 21 heavy (non-hydrogen) atoms. The van der Waals surface area contributed by atoms with E-state index in [1.807, 2.05) is 6.92 Å². The molecule has 3 nitrogen and oxygen atoms in total. The molecule has 3 rings (SSSR count). The molecule has 1 atom stereocenters. The average molecular weight is 327 g/mol. The van der Waals surface area contributed by atoms with Gasteiger partial charge in [-0.05, 0) is 37.5 Å². The highest BCUT2D eigenvalue weighted by Crippen LogP contribution is 2.38. The van der Waals surface area contributed by atoms with Gasteiger partial charge in [0.15, 0.2) is 5.82 Å². The van der Waals surface area contributed by atoms with Crippen molar-refractivity contribution in [3.05, 3.63) is 46.2 Å². The van der Waals surface area contributed by atoms with Crippen LogP contribution in [0.1, 0.15) is 25.6 Å². The molecule has 0 aliphatic carbocycles. The monoisotopic (exact) mass is 326 g/mol. The highest BCUT2D eigenvalue weighted by atomic mass is 35.5. The summed E-state index contributed by atoms with van der Waals surface area (Å²) in [5.74, 6) is 0.102. The van der Waals surface area contributed by atoms with Crippen LogP contribution in [-0.4, -0.2) is 16.6 Å². The molecular formula is C15H13Cl2FN2O. The predicted molar refractivity (Wildman–Crippen MR) is 80.0 cm³/mol. The lowest BCUT2D eigenvalue weighted by molar-refractivity contribution is 0.00937. The maximum atomic E-state index is 13.4. The fraction of sp³-hybridized carbons (Fsp3) is 0.333. The van der Waals surface area contributed by atoms with Gasteiger partial charge < -0.3 is 4.74 Å². The van der Waals surface area contributed by atoms with Crippen molar-refractivity contribution in [3.8, 4) is 11.1 Å². The minimum atomic E-state index is -0.562. The van der Waals surface area contributed by atoms with Crippen LogP contribution in [0, 0.1) is 5.82 Å². The molecule has 0 radical (unpaired) electrons. The summed E-state index contributed by atoms with van der Waals surface area (Å²) in [6.07, 6.45) is 1.76. The maximum absolute atomic E-state index is 13.4. The topological polar surface area (TPSA) is 35.0 Å². The minimum Gasteiger partial charge on any atom is -0.367 e. The maximum Gasteiger partial charge on any atom is 0.163 e. The SMILES string of the molecule is CC1(c2nc(Cl)c(-c3cccc(F)c3)c(Cl)n2)CCCO1. The first-order valence-electron chi connectivity index (χ1n) is 6.63. The van der Waals surface area contributed by atoms with Crippen LogP contribution in [0.3, 0.4) is 0 Å². The van der Waals surface area contributed by atoms with Gasteiger partial charge in [0.25, 0.3) is 0 Å². The van der Waals surface area contributed by atoms with Gasteiger partial charge in [-0.15, -0.1) is 0 Å². The summed E-state index contributed by atoms with van der Waals surface area (Å²) in [5.41, 5.74) is 0.422. The van der Waals surface area contributed by atoms with Crippen molar-refractivity contribution in [1.82, 2.24) is 9.97 Å². The van der Waals surface area contributed by atoms with Gasteiger partial charge in [-0.25, -0.2) is 14.4 Å². The van der Waals surface area contributed by atoms with Crippen molar-refractivity contribution in [2.45, 2.75) is 25.4 Å². The Morgan fingerprint density at radius 1 is 1.24 bits per heavy atom. The van der Waals surface area contributed by atoms with Gasteiger partial charge in [-0.2, -0.15) is 0 Å². The molecular weight excluding hydrogens is 314 g/mol. The average Bonchev–Trinajstić information content (AvgIpc) is 2.86. The largest absolute Gasteiger partial charge is 0.367 e. The lowest BCUT2D eigenvalue weighted by atomic mass is 10.0. The first-order chi connectivity index (χ1) is 9.99. The molecule has 6 heteroatoms. The molecule has 0 spiro atoms. The van der Waals surface area contributed by atoms with E-state index < -0.39 is 5.60 Å². The van der Waals surface area contributed by atoms with Gasteiger partial charge in [0.05, 0.1) is 5.56 Å². The van der Waals surface area contributed by atoms with Crippen LogP contribution >= 0.6 is 23.2 Å². The summed E-state index contributed by atoms with van der Waals surface area (Å²) in [5, 5.41) is 0.402. The Labute approximate surface area is 132 Å². The van der Waals surface area contributed by atoms with Gasteiger partial charge in [-0.1, -0.05) is 35.3 Å². The summed E-state index contributed by atoms with van der Waals surface area (Å²) in [6, 6.07) is 6.01. The molecule has 0 N–H and O–H groups in total. The summed E-state index contributed by atoms with van der Waals surface area (Å²) >= 11 is 12.5. The molecule has 1 aromatic heterocycles. The molecule has 0 saturated carbocycles. The molecule has 1 fully saturated rings. The van der Waals surface area contributed by atoms with Crippen LogP contribution in [0.2, 0.25) is 10.3 Å². The molecule has 2 aromatic rings. The number of nitrogens with zero attached hydrogens (tertiary/aromatic N) is 2.